The van der Waals surface area contributed by atoms with E-state index < -0.39 is 0 Å². The van der Waals surface area contributed by atoms with Crippen LogP contribution in [0.15, 0.2) is 24.3 Å². The summed E-state index contributed by atoms with van der Waals surface area (Å²) in [6, 6.07) is 8.48. The minimum absolute atomic E-state index is 0.0333. The number of methoxy groups -OCH3 is 1. The summed E-state index contributed by atoms with van der Waals surface area (Å²) in [4.78, 5) is 13.3. The highest BCUT2D eigenvalue weighted by Crippen LogP contribution is 2.26. The first-order valence-electron chi connectivity index (χ1n) is 8.13. The van der Waals surface area contributed by atoms with Gasteiger partial charge in [0.2, 0.25) is 5.91 Å². The van der Waals surface area contributed by atoms with Crippen LogP contribution in [-0.2, 0) is 14.3 Å². The van der Waals surface area contributed by atoms with E-state index in [0.29, 0.717) is 6.42 Å². The van der Waals surface area contributed by atoms with Crippen molar-refractivity contribution < 1.29 is 19.5 Å². The molecule has 0 aromatic heterocycles. The van der Waals surface area contributed by atoms with Gasteiger partial charge in [-0.1, -0.05) is 18.6 Å². The van der Waals surface area contributed by atoms with Gasteiger partial charge in [-0.25, -0.2) is 5.48 Å². The molecule has 6 heteroatoms. The fourth-order valence-electron chi connectivity index (χ4n) is 2.81. The van der Waals surface area contributed by atoms with Crippen molar-refractivity contribution in [3.63, 3.8) is 0 Å². The summed E-state index contributed by atoms with van der Waals surface area (Å²) in [5.41, 5.74) is 4.02. The maximum atomic E-state index is 11.0. The van der Waals surface area contributed by atoms with Gasteiger partial charge in [-0.2, -0.15) is 0 Å². The van der Waals surface area contributed by atoms with Crippen LogP contribution in [0.2, 0.25) is 0 Å². The Morgan fingerprint density at radius 2 is 2.00 bits per heavy atom. The molecule has 2 rings (SSSR count). The lowest BCUT2D eigenvalue weighted by Gasteiger charge is -2.29. The molecule has 0 spiro atoms. The second-order valence-corrected chi connectivity index (χ2v) is 5.70. The minimum atomic E-state index is -0.339. The number of nitrogens with zero attached hydrogens (tertiary/aromatic N) is 1. The van der Waals surface area contributed by atoms with Crippen molar-refractivity contribution in [2.24, 2.45) is 0 Å². The van der Waals surface area contributed by atoms with Crippen molar-refractivity contribution in [3.05, 3.63) is 29.8 Å². The maximum absolute atomic E-state index is 11.0. The average molecular weight is 322 g/mol. The smallest absolute Gasteiger partial charge is 0.243 e. The lowest BCUT2D eigenvalue weighted by molar-refractivity contribution is -0.129. The molecule has 1 aromatic rings. The van der Waals surface area contributed by atoms with Gasteiger partial charge in [-0.3, -0.25) is 10.0 Å². The van der Waals surface area contributed by atoms with E-state index in [-0.39, 0.29) is 12.0 Å². The summed E-state index contributed by atoms with van der Waals surface area (Å²) in [7, 11) is 1.71. The first kappa shape index (κ1) is 17.7. The highest BCUT2D eigenvalue weighted by atomic mass is 16.5. The van der Waals surface area contributed by atoms with Crippen molar-refractivity contribution in [1.29, 1.82) is 0 Å². The number of hydrogen-bond acceptors (Lipinski definition) is 5. The van der Waals surface area contributed by atoms with Crippen LogP contribution in [0.5, 0.6) is 0 Å². The van der Waals surface area contributed by atoms with Crippen LogP contribution in [0.4, 0.5) is 5.69 Å². The van der Waals surface area contributed by atoms with E-state index in [2.05, 4.69) is 29.2 Å². The number of carbonyl (C=O) groups excluding carboxylic acids is 1. The third kappa shape index (κ3) is 5.49. The van der Waals surface area contributed by atoms with E-state index in [1.54, 1.807) is 12.6 Å². The molecule has 1 aromatic carbocycles. The van der Waals surface area contributed by atoms with E-state index in [0.717, 1.165) is 51.1 Å². The van der Waals surface area contributed by atoms with Crippen molar-refractivity contribution in [3.8, 4) is 0 Å². The summed E-state index contributed by atoms with van der Waals surface area (Å²) < 4.78 is 10.9. The van der Waals surface area contributed by atoms with Gasteiger partial charge >= 0.3 is 0 Å². The zero-order chi connectivity index (χ0) is 16.5. The SMILES string of the molecule is COC(CCCCC(=O)NO)c1ccc(N2CCOCC2)cc1. The second-order valence-electron chi connectivity index (χ2n) is 5.70. The predicted molar refractivity (Wildman–Crippen MR) is 87.6 cm³/mol. The van der Waals surface area contributed by atoms with Gasteiger partial charge < -0.3 is 14.4 Å². The summed E-state index contributed by atoms with van der Waals surface area (Å²) in [6.45, 7) is 3.42. The molecule has 1 aliphatic heterocycles. The first-order chi connectivity index (χ1) is 11.2. The Morgan fingerprint density at radius 3 is 2.61 bits per heavy atom. The lowest BCUT2D eigenvalue weighted by Crippen LogP contribution is -2.36. The summed E-state index contributed by atoms with van der Waals surface area (Å²) in [5, 5.41) is 8.46. The van der Waals surface area contributed by atoms with Crippen molar-refractivity contribution in [2.75, 3.05) is 38.3 Å². The normalized spacial score (nSPS) is 16.2. The number of morpholine rings is 1. The van der Waals surface area contributed by atoms with Crippen LogP contribution in [-0.4, -0.2) is 44.5 Å². The highest BCUT2D eigenvalue weighted by Gasteiger charge is 2.14. The van der Waals surface area contributed by atoms with Gasteiger partial charge in [0.25, 0.3) is 0 Å². The number of rotatable bonds is 8. The lowest BCUT2D eigenvalue weighted by atomic mass is 10.0. The number of hydroxylamine groups is 1. The summed E-state index contributed by atoms with van der Waals surface area (Å²) in [6.07, 6.45) is 2.83. The van der Waals surface area contributed by atoms with E-state index in [1.165, 1.54) is 5.69 Å². The molecular weight excluding hydrogens is 296 g/mol. The molecule has 128 valence electrons. The zero-order valence-corrected chi connectivity index (χ0v) is 13.7. The first-order valence-corrected chi connectivity index (χ1v) is 8.13. The van der Waals surface area contributed by atoms with Crippen molar-refractivity contribution in [1.82, 2.24) is 5.48 Å². The molecule has 2 N–H and O–H groups in total. The van der Waals surface area contributed by atoms with E-state index in [1.807, 2.05) is 0 Å². The third-order valence-corrected chi connectivity index (χ3v) is 4.17. The standard InChI is InChI=1S/C17H26N2O4/c1-22-16(4-2-3-5-17(20)18-21)14-6-8-15(9-7-14)19-10-12-23-13-11-19/h6-9,16,21H,2-5,10-13H2,1H3,(H,18,20). The Morgan fingerprint density at radius 1 is 1.30 bits per heavy atom. The van der Waals surface area contributed by atoms with Gasteiger partial charge in [0.15, 0.2) is 0 Å². The van der Waals surface area contributed by atoms with Crippen LogP contribution in [0, 0.1) is 0 Å². The number of anilines is 1. The molecule has 0 aliphatic carbocycles. The predicted octanol–water partition coefficient (Wildman–Crippen LogP) is 2.28. The fourth-order valence-corrected chi connectivity index (χ4v) is 2.81. The molecule has 1 heterocycles. The summed E-state index contributed by atoms with van der Waals surface area (Å²) in [5.74, 6) is -0.339. The van der Waals surface area contributed by atoms with Gasteiger partial charge in [0.1, 0.15) is 0 Å². The molecular formula is C17H26N2O4. The van der Waals surface area contributed by atoms with Crippen LogP contribution in [0.1, 0.15) is 37.4 Å². The molecule has 0 radical (unpaired) electrons. The average Bonchev–Trinajstić information content (AvgIpc) is 2.62. The number of amides is 1. The highest BCUT2D eigenvalue weighted by molar-refractivity contribution is 5.74. The molecule has 1 unspecified atom stereocenters. The van der Waals surface area contributed by atoms with Gasteiger partial charge in [0, 0.05) is 32.3 Å². The largest absolute Gasteiger partial charge is 0.378 e. The molecule has 0 saturated carbocycles. The van der Waals surface area contributed by atoms with E-state index in [4.69, 9.17) is 14.7 Å². The molecule has 1 atom stereocenters. The summed E-state index contributed by atoms with van der Waals surface area (Å²) >= 11 is 0. The fraction of sp³-hybridized carbons (Fsp3) is 0.588. The number of carbonyl (C=O) groups is 1. The minimum Gasteiger partial charge on any atom is -0.378 e. The third-order valence-electron chi connectivity index (χ3n) is 4.17. The Hall–Kier alpha value is -1.63. The van der Waals surface area contributed by atoms with Crippen LogP contribution in [0.3, 0.4) is 0 Å². The van der Waals surface area contributed by atoms with E-state index >= 15 is 0 Å². The molecule has 23 heavy (non-hydrogen) atoms. The monoisotopic (exact) mass is 322 g/mol. The van der Waals surface area contributed by atoms with Gasteiger partial charge in [0.05, 0.1) is 19.3 Å². The number of nitrogens with one attached hydrogen (secondary N) is 1. The van der Waals surface area contributed by atoms with Crippen LogP contribution < -0.4 is 10.4 Å². The zero-order valence-electron chi connectivity index (χ0n) is 13.7. The van der Waals surface area contributed by atoms with Crippen molar-refractivity contribution >= 4 is 11.6 Å². The molecule has 1 amide bonds. The number of ether oxygens (including phenoxy) is 2. The molecule has 1 saturated heterocycles. The van der Waals surface area contributed by atoms with Gasteiger partial charge in [-0.15, -0.1) is 0 Å². The molecule has 6 nitrogen and oxygen atoms in total. The Kier molecular flexibility index (Phi) is 7.32. The van der Waals surface area contributed by atoms with E-state index in [9.17, 15) is 4.79 Å². The second kappa shape index (κ2) is 9.50. The van der Waals surface area contributed by atoms with Crippen LogP contribution in [0.25, 0.3) is 0 Å². The maximum Gasteiger partial charge on any atom is 0.243 e. The number of unbranched alkanes of at least 4 members (excludes halogenated alkanes) is 1. The van der Waals surface area contributed by atoms with Crippen molar-refractivity contribution in [2.45, 2.75) is 31.8 Å². The Labute approximate surface area is 137 Å². The molecule has 0 bridgehead atoms. The van der Waals surface area contributed by atoms with Crippen LogP contribution >= 0.6 is 0 Å². The molecule has 1 fully saturated rings. The molecule has 1 aliphatic rings. The topological polar surface area (TPSA) is 71.0 Å². The van der Waals surface area contributed by atoms with Gasteiger partial charge in [-0.05, 0) is 30.5 Å². The number of hydrogen-bond donors (Lipinski definition) is 2. The quantitative estimate of drug-likeness (QED) is 0.436. The Bertz CT molecular complexity index is 472. The number of benzene rings is 1. The Balaban J connectivity index is 1.84.